The molecule has 31 heavy (non-hydrogen) atoms. The molecule has 0 aliphatic heterocycles. The molecule has 1 amide bonds. The fraction of sp³-hybridized carbons (Fsp3) is 0.640. The first kappa shape index (κ1) is 26.7. The Kier molecular flexibility index (Phi) is 14.1. The topological polar surface area (TPSA) is 81.7 Å². The quantitative estimate of drug-likeness (QED) is 0.206. The number of esters is 1. The first-order valence-electron chi connectivity index (χ1n) is 11.6. The summed E-state index contributed by atoms with van der Waals surface area (Å²) in [7, 11) is 1.55. The smallest absolute Gasteiger partial charge is 0.329 e. The number of carbonyl (C=O) groups is 3. The van der Waals surface area contributed by atoms with Crippen molar-refractivity contribution in [3.05, 3.63) is 29.8 Å². The molecule has 1 aromatic rings. The van der Waals surface area contributed by atoms with Gasteiger partial charge in [-0.3, -0.25) is 9.59 Å². The highest BCUT2D eigenvalue weighted by Crippen LogP contribution is 2.14. The average molecular weight is 434 g/mol. The van der Waals surface area contributed by atoms with E-state index in [4.69, 9.17) is 9.47 Å². The number of hydrogen-bond donors (Lipinski definition) is 1. The number of amides is 1. The van der Waals surface area contributed by atoms with E-state index in [-0.39, 0.29) is 24.7 Å². The summed E-state index contributed by atoms with van der Waals surface area (Å²) in [6.45, 7) is 4.11. The monoisotopic (exact) mass is 433 g/mol. The number of ketones is 1. The van der Waals surface area contributed by atoms with Crippen molar-refractivity contribution in [1.29, 1.82) is 0 Å². The highest BCUT2D eigenvalue weighted by atomic mass is 16.5. The molecule has 0 aromatic heterocycles. The fourth-order valence-corrected chi connectivity index (χ4v) is 3.38. The second kappa shape index (κ2) is 16.3. The molecule has 0 unspecified atom stereocenters. The minimum Gasteiger partial charge on any atom is -0.497 e. The number of ether oxygens (including phenoxy) is 2. The molecule has 1 rings (SSSR count). The normalized spacial score (nSPS) is 11.6. The fourth-order valence-electron chi connectivity index (χ4n) is 3.38. The summed E-state index contributed by atoms with van der Waals surface area (Å²) >= 11 is 0. The van der Waals surface area contributed by atoms with Crippen molar-refractivity contribution in [1.82, 2.24) is 5.32 Å². The van der Waals surface area contributed by atoms with Crippen LogP contribution in [0.3, 0.4) is 0 Å². The molecule has 0 aliphatic carbocycles. The van der Waals surface area contributed by atoms with Gasteiger partial charge in [0.1, 0.15) is 11.8 Å². The largest absolute Gasteiger partial charge is 0.497 e. The molecule has 6 heteroatoms. The molecule has 0 spiro atoms. The van der Waals surface area contributed by atoms with E-state index in [0.717, 1.165) is 19.3 Å². The summed E-state index contributed by atoms with van der Waals surface area (Å²) in [5.41, 5.74) is 0.461. The van der Waals surface area contributed by atoms with E-state index >= 15 is 0 Å². The van der Waals surface area contributed by atoms with Crippen LogP contribution in [0.4, 0.5) is 0 Å². The highest BCUT2D eigenvalue weighted by Gasteiger charge is 2.25. The summed E-state index contributed by atoms with van der Waals surface area (Å²) in [4.78, 5) is 37.2. The van der Waals surface area contributed by atoms with Gasteiger partial charge in [-0.2, -0.15) is 0 Å². The lowest BCUT2D eigenvalue weighted by atomic mass is 10.0. The van der Waals surface area contributed by atoms with Crippen molar-refractivity contribution in [3.8, 4) is 5.75 Å². The van der Waals surface area contributed by atoms with Crippen LogP contribution in [0.15, 0.2) is 24.3 Å². The van der Waals surface area contributed by atoms with Crippen molar-refractivity contribution < 1.29 is 23.9 Å². The van der Waals surface area contributed by atoms with E-state index in [1.165, 1.54) is 38.5 Å². The van der Waals surface area contributed by atoms with E-state index in [0.29, 0.717) is 17.7 Å². The maximum Gasteiger partial charge on any atom is 0.329 e. The maximum absolute atomic E-state index is 12.6. The highest BCUT2D eigenvalue weighted by molar-refractivity contribution is 5.99. The molecule has 0 saturated heterocycles. The minimum atomic E-state index is -0.972. The Labute approximate surface area is 187 Å². The van der Waals surface area contributed by atoms with Crippen LogP contribution < -0.4 is 10.1 Å². The predicted molar refractivity (Wildman–Crippen MR) is 122 cm³/mol. The number of hydrogen-bond acceptors (Lipinski definition) is 5. The van der Waals surface area contributed by atoms with Crippen molar-refractivity contribution in [2.75, 3.05) is 13.7 Å². The molecular weight excluding hydrogens is 394 g/mol. The summed E-state index contributed by atoms with van der Waals surface area (Å²) in [5.74, 6) is -0.384. The van der Waals surface area contributed by atoms with Crippen LogP contribution in [0.1, 0.15) is 94.8 Å². The third-order valence-corrected chi connectivity index (χ3v) is 5.22. The Hall–Kier alpha value is -2.37. The predicted octanol–water partition coefficient (Wildman–Crippen LogP) is 5.24. The Morgan fingerprint density at radius 3 is 2.00 bits per heavy atom. The summed E-state index contributed by atoms with van der Waals surface area (Å²) in [6, 6.07) is 5.70. The van der Waals surface area contributed by atoms with Crippen LogP contribution in [0.25, 0.3) is 0 Å². The van der Waals surface area contributed by atoms with E-state index < -0.39 is 12.0 Å². The molecule has 0 saturated carbocycles. The first-order chi connectivity index (χ1) is 15.0. The van der Waals surface area contributed by atoms with Crippen LogP contribution in [-0.4, -0.2) is 37.4 Å². The van der Waals surface area contributed by atoms with Gasteiger partial charge in [0.2, 0.25) is 5.91 Å². The van der Waals surface area contributed by atoms with E-state index in [1.54, 1.807) is 38.3 Å². The number of nitrogens with one attached hydrogen (secondary N) is 1. The second-order valence-corrected chi connectivity index (χ2v) is 7.81. The molecule has 0 aliphatic rings. The first-order valence-corrected chi connectivity index (χ1v) is 11.6. The Morgan fingerprint density at radius 1 is 0.871 bits per heavy atom. The zero-order valence-corrected chi connectivity index (χ0v) is 19.4. The van der Waals surface area contributed by atoms with Gasteiger partial charge in [0, 0.05) is 18.4 Å². The van der Waals surface area contributed by atoms with Crippen LogP contribution >= 0.6 is 0 Å². The number of Topliss-reactive ketones (excluding diaryl/α,β-unsaturated/α-hetero) is 1. The SMILES string of the molecule is CCCCCCCCCCCC(=O)N[C@H](CC(=O)c1ccc(OC)cc1)C(=O)OCC. The molecule has 1 aromatic carbocycles. The zero-order chi connectivity index (χ0) is 22.9. The standard InChI is InChI=1S/C25H39NO5/c1-4-6-7-8-9-10-11-12-13-14-24(28)26-22(25(29)31-5-2)19-23(27)20-15-17-21(30-3)18-16-20/h15-18,22H,4-14,19H2,1-3H3,(H,26,28)/t22-/m1/s1. The van der Waals surface area contributed by atoms with Gasteiger partial charge in [0.15, 0.2) is 5.78 Å². The molecule has 0 heterocycles. The van der Waals surface area contributed by atoms with Gasteiger partial charge >= 0.3 is 5.97 Å². The second-order valence-electron chi connectivity index (χ2n) is 7.81. The summed E-state index contributed by atoms with van der Waals surface area (Å²) < 4.78 is 10.1. The lowest BCUT2D eigenvalue weighted by Gasteiger charge is -2.17. The van der Waals surface area contributed by atoms with Crippen LogP contribution in [0, 0.1) is 0 Å². The summed E-state index contributed by atoms with van der Waals surface area (Å²) in [6.07, 6.45) is 10.7. The molecule has 174 valence electrons. The number of unbranched alkanes of at least 4 members (excludes halogenated alkanes) is 8. The van der Waals surface area contributed by atoms with Gasteiger partial charge in [-0.1, -0.05) is 58.3 Å². The van der Waals surface area contributed by atoms with E-state index in [9.17, 15) is 14.4 Å². The zero-order valence-electron chi connectivity index (χ0n) is 19.4. The number of carbonyl (C=O) groups excluding carboxylic acids is 3. The molecule has 6 nitrogen and oxygen atoms in total. The van der Waals surface area contributed by atoms with Crippen LogP contribution in [-0.2, 0) is 14.3 Å². The lowest BCUT2D eigenvalue weighted by molar-refractivity contribution is -0.147. The van der Waals surface area contributed by atoms with Gasteiger partial charge in [0.05, 0.1) is 13.7 Å². The minimum absolute atomic E-state index is 0.130. The molecule has 0 radical (unpaired) electrons. The Bertz CT molecular complexity index is 656. The van der Waals surface area contributed by atoms with Crippen molar-refractivity contribution in [2.45, 2.75) is 90.5 Å². The molecular formula is C25H39NO5. The van der Waals surface area contributed by atoms with E-state index in [2.05, 4.69) is 12.2 Å². The number of methoxy groups -OCH3 is 1. The summed E-state index contributed by atoms with van der Waals surface area (Å²) in [5, 5.41) is 2.69. The van der Waals surface area contributed by atoms with E-state index in [1.807, 2.05) is 0 Å². The average Bonchev–Trinajstić information content (AvgIpc) is 2.77. The third kappa shape index (κ3) is 11.6. The molecule has 0 fully saturated rings. The number of benzene rings is 1. The Balaban J connectivity index is 2.43. The van der Waals surface area contributed by atoms with Crippen molar-refractivity contribution in [2.24, 2.45) is 0 Å². The van der Waals surface area contributed by atoms with Crippen molar-refractivity contribution in [3.63, 3.8) is 0 Å². The third-order valence-electron chi connectivity index (χ3n) is 5.22. The molecule has 1 N–H and O–H groups in total. The van der Waals surface area contributed by atoms with Crippen LogP contribution in [0.2, 0.25) is 0 Å². The van der Waals surface area contributed by atoms with Gasteiger partial charge in [0.25, 0.3) is 0 Å². The lowest BCUT2D eigenvalue weighted by Crippen LogP contribution is -2.43. The van der Waals surface area contributed by atoms with Gasteiger partial charge in [-0.15, -0.1) is 0 Å². The maximum atomic E-state index is 12.6. The van der Waals surface area contributed by atoms with Gasteiger partial charge in [-0.05, 0) is 37.6 Å². The molecule has 0 bridgehead atoms. The van der Waals surface area contributed by atoms with Gasteiger partial charge in [-0.25, -0.2) is 4.79 Å². The van der Waals surface area contributed by atoms with Crippen LogP contribution in [0.5, 0.6) is 5.75 Å². The number of rotatable bonds is 17. The van der Waals surface area contributed by atoms with Gasteiger partial charge < -0.3 is 14.8 Å². The van der Waals surface area contributed by atoms with Crippen molar-refractivity contribution >= 4 is 17.7 Å². The molecule has 1 atom stereocenters. The Morgan fingerprint density at radius 2 is 1.45 bits per heavy atom.